The van der Waals surface area contributed by atoms with Crippen LogP contribution in [0.4, 0.5) is 0 Å². The number of fused-ring (bicyclic) bond motifs is 1. The fourth-order valence-corrected chi connectivity index (χ4v) is 2.72. The molecule has 2 aromatic heterocycles. The van der Waals surface area contributed by atoms with E-state index in [9.17, 15) is 0 Å². The van der Waals surface area contributed by atoms with Crippen LogP contribution < -0.4 is 5.32 Å². The Morgan fingerprint density at radius 3 is 3.06 bits per heavy atom. The standard InChI is InChI=1S/C13H21N3OS/c1-4-5-14-12(10(2)17-3)8-11-9-16-6-7-18-13(16)15-11/h6-7,9-10,12,14H,4-5,8H2,1-3H3. The third kappa shape index (κ3) is 3.10. The Hall–Kier alpha value is -0.910. The third-order valence-electron chi connectivity index (χ3n) is 3.17. The Morgan fingerprint density at radius 2 is 2.39 bits per heavy atom. The number of thiazole rings is 1. The predicted molar refractivity (Wildman–Crippen MR) is 75.3 cm³/mol. The van der Waals surface area contributed by atoms with Gasteiger partial charge in [0, 0.05) is 37.3 Å². The number of hydrogen-bond donors (Lipinski definition) is 1. The summed E-state index contributed by atoms with van der Waals surface area (Å²) in [6.07, 6.45) is 6.38. The molecule has 0 fully saturated rings. The summed E-state index contributed by atoms with van der Waals surface area (Å²) in [6, 6.07) is 0.319. The Bertz CT molecular complexity index is 451. The van der Waals surface area contributed by atoms with Crippen molar-refractivity contribution in [3.63, 3.8) is 0 Å². The van der Waals surface area contributed by atoms with Crippen LogP contribution >= 0.6 is 11.3 Å². The maximum Gasteiger partial charge on any atom is 0.193 e. The molecule has 2 rings (SSSR count). The molecule has 0 amide bonds. The average Bonchev–Trinajstić information content (AvgIpc) is 2.94. The highest BCUT2D eigenvalue weighted by molar-refractivity contribution is 7.15. The van der Waals surface area contributed by atoms with Gasteiger partial charge in [0.15, 0.2) is 4.96 Å². The molecular weight excluding hydrogens is 246 g/mol. The zero-order chi connectivity index (χ0) is 13.0. The summed E-state index contributed by atoms with van der Waals surface area (Å²) in [6.45, 7) is 5.29. The van der Waals surface area contributed by atoms with Crippen molar-refractivity contribution in [2.75, 3.05) is 13.7 Å². The lowest BCUT2D eigenvalue weighted by molar-refractivity contribution is 0.0828. The van der Waals surface area contributed by atoms with Gasteiger partial charge in [-0.3, -0.25) is 4.40 Å². The summed E-state index contributed by atoms with van der Waals surface area (Å²) in [5, 5.41) is 5.59. The molecule has 2 aromatic rings. The van der Waals surface area contributed by atoms with Gasteiger partial charge in [-0.15, -0.1) is 11.3 Å². The number of ether oxygens (including phenoxy) is 1. The number of aromatic nitrogens is 2. The van der Waals surface area contributed by atoms with Crippen LogP contribution in [-0.4, -0.2) is 35.2 Å². The van der Waals surface area contributed by atoms with Crippen LogP contribution in [0.5, 0.6) is 0 Å². The van der Waals surface area contributed by atoms with Gasteiger partial charge in [-0.05, 0) is 19.9 Å². The molecule has 0 radical (unpaired) electrons. The summed E-state index contributed by atoms with van der Waals surface area (Å²) in [5.41, 5.74) is 1.12. The van der Waals surface area contributed by atoms with E-state index in [1.54, 1.807) is 18.4 Å². The molecule has 0 aliphatic carbocycles. The molecule has 0 aliphatic rings. The number of nitrogens with zero attached hydrogens (tertiary/aromatic N) is 2. The van der Waals surface area contributed by atoms with Gasteiger partial charge in [-0.2, -0.15) is 0 Å². The zero-order valence-electron chi connectivity index (χ0n) is 11.2. The van der Waals surface area contributed by atoms with Crippen LogP contribution in [0.2, 0.25) is 0 Å². The van der Waals surface area contributed by atoms with Crippen molar-refractivity contribution >= 4 is 16.3 Å². The molecule has 2 unspecified atom stereocenters. The van der Waals surface area contributed by atoms with Crippen LogP contribution in [0.25, 0.3) is 4.96 Å². The molecule has 2 heterocycles. The molecule has 100 valence electrons. The summed E-state index contributed by atoms with van der Waals surface area (Å²) in [5.74, 6) is 0. The van der Waals surface area contributed by atoms with E-state index in [2.05, 4.69) is 40.1 Å². The monoisotopic (exact) mass is 267 g/mol. The first-order valence-electron chi connectivity index (χ1n) is 6.41. The van der Waals surface area contributed by atoms with E-state index in [0.717, 1.165) is 30.0 Å². The van der Waals surface area contributed by atoms with Crippen molar-refractivity contribution in [3.05, 3.63) is 23.5 Å². The van der Waals surface area contributed by atoms with Gasteiger partial charge in [0.05, 0.1) is 11.8 Å². The average molecular weight is 267 g/mol. The maximum atomic E-state index is 5.44. The lowest BCUT2D eigenvalue weighted by Gasteiger charge is -2.23. The summed E-state index contributed by atoms with van der Waals surface area (Å²) >= 11 is 1.67. The zero-order valence-corrected chi connectivity index (χ0v) is 12.0. The van der Waals surface area contributed by atoms with Gasteiger partial charge in [-0.25, -0.2) is 4.98 Å². The van der Waals surface area contributed by atoms with E-state index in [1.807, 2.05) is 6.20 Å². The number of nitrogens with one attached hydrogen (secondary N) is 1. The first-order chi connectivity index (χ1) is 8.74. The van der Waals surface area contributed by atoms with Gasteiger partial charge >= 0.3 is 0 Å². The van der Waals surface area contributed by atoms with Gasteiger partial charge in [-0.1, -0.05) is 6.92 Å². The van der Waals surface area contributed by atoms with Gasteiger partial charge in [0.2, 0.25) is 0 Å². The van der Waals surface area contributed by atoms with Crippen LogP contribution in [0, 0.1) is 0 Å². The Balaban J connectivity index is 2.05. The molecular formula is C13H21N3OS. The largest absolute Gasteiger partial charge is 0.380 e. The second-order valence-electron chi connectivity index (χ2n) is 4.53. The topological polar surface area (TPSA) is 38.6 Å². The fraction of sp³-hybridized carbons (Fsp3) is 0.615. The molecule has 2 atom stereocenters. The molecule has 0 saturated heterocycles. The van der Waals surface area contributed by atoms with Gasteiger partial charge < -0.3 is 10.1 Å². The molecule has 4 nitrogen and oxygen atoms in total. The first kappa shape index (κ1) is 13.5. The second-order valence-corrected chi connectivity index (χ2v) is 5.40. The van der Waals surface area contributed by atoms with Crippen LogP contribution in [0.1, 0.15) is 26.0 Å². The number of hydrogen-bond acceptors (Lipinski definition) is 4. The molecule has 0 aromatic carbocycles. The lowest BCUT2D eigenvalue weighted by atomic mass is 10.1. The highest BCUT2D eigenvalue weighted by Crippen LogP contribution is 2.14. The predicted octanol–water partition coefficient (Wildman–Crippen LogP) is 2.34. The van der Waals surface area contributed by atoms with E-state index < -0.39 is 0 Å². The SMILES string of the molecule is CCCNC(Cc1cn2ccsc2n1)C(C)OC. The highest BCUT2D eigenvalue weighted by Gasteiger charge is 2.18. The van der Waals surface area contributed by atoms with Crippen molar-refractivity contribution in [3.8, 4) is 0 Å². The Morgan fingerprint density at radius 1 is 1.56 bits per heavy atom. The van der Waals surface area contributed by atoms with Crippen molar-refractivity contribution in [1.29, 1.82) is 0 Å². The van der Waals surface area contributed by atoms with Crippen LogP contribution in [0.15, 0.2) is 17.8 Å². The van der Waals surface area contributed by atoms with Gasteiger partial charge in [0.1, 0.15) is 0 Å². The van der Waals surface area contributed by atoms with Crippen molar-refractivity contribution in [2.24, 2.45) is 0 Å². The maximum absolute atomic E-state index is 5.44. The molecule has 18 heavy (non-hydrogen) atoms. The third-order valence-corrected chi connectivity index (χ3v) is 3.94. The van der Waals surface area contributed by atoms with E-state index in [0.29, 0.717) is 6.04 Å². The summed E-state index contributed by atoms with van der Waals surface area (Å²) in [7, 11) is 1.76. The quantitative estimate of drug-likeness (QED) is 0.837. The van der Waals surface area contributed by atoms with E-state index in [1.165, 1.54) is 0 Å². The molecule has 5 heteroatoms. The van der Waals surface area contributed by atoms with Crippen molar-refractivity contribution in [2.45, 2.75) is 38.8 Å². The lowest BCUT2D eigenvalue weighted by Crippen LogP contribution is -2.41. The van der Waals surface area contributed by atoms with Crippen LogP contribution in [-0.2, 0) is 11.2 Å². The number of rotatable bonds is 7. The minimum Gasteiger partial charge on any atom is -0.380 e. The van der Waals surface area contributed by atoms with E-state index in [4.69, 9.17) is 4.74 Å². The second kappa shape index (κ2) is 6.31. The minimum absolute atomic E-state index is 0.191. The van der Waals surface area contributed by atoms with E-state index in [-0.39, 0.29) is 6.10 Å². The Labute approximate surface area is 112 Å². The number of imidazole rings is 1. The fourth-order valence-electron chi connectivity index (χ4n) is 2.00. The minimum atomic E-state index is 0.191. The van der Waals surface area contributed by atoms with E-state index >= 15 is 0 Å². The van der Waals surface area contributed by atoms with Crippen molar-refractivity contribution < 1.29 is 4.74 Å². The molecule has 0 spiro atoms. The molecule has 0 aliphatic heterocycles. The molecule has 0 saturated carbocycles. The smallest absolute Gasteiger partial charge is 0.193 e. The van der Waals surface area contributed by atoms with Gasteiger partial charge in [0.25, 0.3) is 0 Å². The summed E-state index contributed by atoms with van der Waals surface area (Å²) in [4.78, 5) is 5.68. The molecule has 0 bridgehead atoms. The number of methoxy groups -OCH3 is 1. The summed E-state index contributed by atoms with van der Waals surface area (Å²) < 4.78 is 7.52. The Kier molecular flexibility index (Phi) is 4.74. The normalized spacial score (nSPS) is 15.1. The highest BCUT2D eigenvalue weighted by atomic mass is 32.1. The van der Waals surface area contributed by atoms with Crippen LogP contribution in [0.3, 0.4) is 0 Å². The molecule has 1 N–H and O–H groups in total. The first-order valence-corrected chi connectivity index (χ1v) is 7.29. The van der Waals surface area contributed by atoms with Crippen molar-refractivity contribution in [1.82, 2.24) is 14.7 Å².